The van der Waals surface area contributed by atoms with Gasteiger partial charge in [-0.1, -0.05) is 6.42 Å². The van der Waals surface area contributed by atoms with Gasteiger partial charge >= 0.3 is 0 Å². The van der Waals surface area contributed by atoms with Gasteiger partial charge in [-0.15, -0.1) is 0 Å². The molecule has 0 amide bonds. The Morgan fingerprint density at radius 3 is 2.12 bits per heavy atom. The van der Waals surface area contributed by atoms with E-state index in [0.717, 1.165) is 32.1 Å². The highest BCUT2D eigenvalue weighted by atomic mass is 15.3. The molecular formula is C13H26N4. The van der Waals surface area contributed by atoms with Crippen molar-refractivity contribution in [3.8, 4) is 0 Å². The summed E-state index contributed by atoms with van der Waals surface area (Å²) >= 11 is 0. The third kappa shape index (κ3) is 4.19. The second kappa shape index (κ2) is 6.84. The Labute approximate surface area is 105 Å². The summed E-state index contributed by atoms with van der Waals surface area (Å²) < 4.78 is 0. The Bertz CT molecular complexity index is 240. The van der Waals surface area contributed by atoms with Crippen molar-refractivity contribution >= 4 is 5.96 Å². The molecule has 2 fully saturated rings. The molecule has 0 aromatic heterocycles. The van der Waals surface area contributed by atoms with E-state index in [-0.39, 0.29) is 0 Å². The van der Waals surface area contributed by atoms with E-state index in [1.165, 1.54) is 51.6 Å². The molecule has 0 aromatic rings. The molecule has 0 aromatic carbocycles. The summed E-state index contributed by atoms with van der Waals surface area (Å²) in [7, 11) is 0. The van der Waals surface area contributed by atoms with Crippen molar-refractivity contribution in [3.05, 3.63) is 0 Å². The van der Waals surface area contributed by atoms with Gasteiger partial charge in [0.05, 0.1) is 6.54 Å². The van der Waals surface area contributed by atoms with Crippen molar-refractivity contribution in [2.45, 2.75) is 38.5 Å². The lowest BCUT2D eigenvalue weighted by atomic mass is 10.1. The molecule has 2 N–H and O–H groups in total. The smallest absolute Gasteiger partial charge is 0.191 e. The SMILES string of the molecule is NC(=NCCN1CCCCC1)N1CCCCC1. The predicted molar refractivity (Wildman–Crippen MR) is 72.2 cm³/mol. The largest absolute Gasteiger partial charge is 0.370 e. The van der Waals surface area contributed by atoms with Crippen LogP contribution in [0.5, 0.6) is 0 Å². The molecule has 0 aliphatic carbocycles. The summed E-state index contributed by atoms with van der Waals surface area (Å²) in [6.07, 6.45) is 7.98. The maximum absolute atomic E-state index is 6.02. The molecule has 4 heteroatoms. The number of hydrogen-bond acceptors (Lipinski definition) is 2. The number of aliphatic imine (C=N–C) groups is 1. The monoisotopic (exact) mass is 238 g/mol. The average molecular weight is 238 g/mol. The minimum atomic E-state index is 0.765. The fourth-order valence-electron chi connectivity index (χ4n) is 2.71. The molecule has 2 aliphatic heterocycles. The van der Waals surface area contributed by atoms with Gasteiger partial charge in [-0.05, 0) is 45.2 Å². The maximum atomic E-state index is 6.02. The summed E-state index contributed by atoms with van der Waals surface area (Å²) in [5, 5.41) is 0. The molecule has 4 nitrogen and oxygen atoms in total. The van der Waals surface area contributed by atoms with Gasteiger partial charge in [-0.25, -0.2) is 0 Å². The lowest BCUT2D eigenvalue weighted by Gasteiger charge is -2.28. The molecule has 0 atom stereocenters. The second-order valence-corrected chi connectivity index (χ2v) is 5.19. The molecule has 17 heavy (non-hydrogen) atoms. The molecule has 2 saturated heterocycles. The summed E-state index contributed by atoms with van der Waals surface area (Å²) in [6, 6.07) is 0. The molecular weight excluding hydrogens is 212 g/mol. The Kier molecular flexibility index (Phi) is 5.10. The van der Waals surface area contributed by atoms with Crippen LogP contribution in [0.15, 0.2) is 4.99 Å². The molecule has 2 rings (SSSR count). The van der Waals surface area contributed by atoms with Crippen LogP contribution in [-0.4, -0.2) is 55.0 Å². The number of guanidine groups is 1. The Hall–Kier alpha value is -0.770. The van der Waals surface area contributed by atoms with Gasteiger partial charge in [0, 0.05) is 19.6 Å². The fraction of sp³-hybridized carbons (Fsp3) is 0.923. The summed E-state index contributed by atoms with van der Waals surface area (Å²) in [5.41, 5.74) is 6.02. The lowest BCUT2D eigenvalue weighted by molar-refractivity contribution is 0.234. The Morgan fingerprint density at radius 2 is 1.47 bits per heavy atom. The molecule has 0 radical (unpaired) electrons. The van der Waals surface area contributed by atoms with Crippen LogP contribution in [0.3, 0.4) is 0 Å². The highest BCUT2D eigenvalue weighted by molar-refractivity contribution is 5.78. The van der Waals surface area contributed by atoms with Gasteiger partial charge < -0.3 is 15.5 Å². The van der Waals surface area contributed by atoms with E-state index in [1.54, 1.807) is 0 Å². The molecule has 2 heterocycles. The zero-order valence-electron chi connectivity index (χ0n) is 10.9. The van der Waals surface area contributed by atoms with E-state index in [0.29, 0.717) is 0 Å². The maximum Gasteiger partial charge on any atom is 0.191 e. The van der Waals surface area contributed by atoms with Crippen molar-refractivity contribution in [2.24, 2.45) is 10.7 Å². The van der Waals surface area contributed by atoms with Gasteiger partial charge in [0.25, 0.3) is 0 Å². The number of hydrogen-bond donors (Lipinski definition) is 1. The minimum absolute atomic E-state index is 0.765. The van der Waals surface area contributed by atoms with Gasteiger partial charge in [0.2, 0.25) is 0 Å². The topological polar surface area (TPSA) is 44.9 Å². The molecule has 0 saturated carbocycles. The van der Waals surface area contributed by atoms with Crippen LogP contribution in [0.4, 0.5) is 0 Å². The number of nitrogens with two attached hydrogens (primary N) is 1. The standard InChI is InChI=1S/C13H26N4/c14-13(17-10-5-2-6-11-17)15-7-12-16-8-3-1-4-9-16/h1-12H2,(H2,14,15). The second-order valence-electron chi connectivity index (χ2n) is 5.19. The van der Waals surface area contributed by atoms with E-state index in [1.807, 2.05) is 0 Å². The zero-order chi connectivity index (χ0) is 11.9. The van der Waals surface area contributed by atoms with E-state index >= 15 is 0 Å². The van der Waals surface area contributed by atoms with E-state index in [9.17, 15) is 0 Å². The van der Waals surface area contributed by atoms with Crippen molar-refractivity contribution < 1.29 is 0 Å². The first-order valence-electron chi connectivity index (χ1n) is 7.13. The predicted octanol–water partition coefficient (Wildman–Crippen LogP) is 1.27. The first kappa shape index (κ1) is 12.7. The van der Waals surface area contributed by atoms with Crippen molar-refractivity contribution in [3.63, 3.8) is 0 Å². The molecule has 0 spiro atoms. The van der Waals surface area contributed by atoms with E-state index in [4.69, 9.17) is 5.73 Å². The van der Waals surface area contributed by atoms with E-state index < -0.39 is 0 Å². The summed E-state index contributed by atoms with van der Waals surface area (Å²) in [6.45, 7) is 6.63. The Morgan fingerprint density at radius 1 is 0.882 bits per heavy atom. The van der Waals surface area contributed by atoms with Gasteiger partial charge in [-0.3, -0.25) is 4.99 Å². The third-order valence-electron chi connectivity index (χ3n) is 3.82. The Balaban J connectivity index is 1.67. The first-order valence-corrected chi connectivity index (χ1v) is 7.13. The van der Waals surface area contributed by atoms with Crippen LogP contribution in [-0.2, 0) is 0 Å². The summed E-state index contributed by atoms with van der Waals surface area (Å²) in [4.78, 5) is 9.27. The van der Waals surface area contributed by atoms with Crippen LogP contribution in [0.1, 0.15) is 38.5 Å². The normalized spacial score (nSPS) is 24.0. The van der Waals surface area contributed by atoms with Gasteiger partial charge in [0.1, 0.15) is 0 Å². The van der Waals surface area contributed by atoms with Gasteiger partial charge in [0.15, 0.2) is 5.96 Å². The molecule has 0 bridgehead atoms. The first-order chi connectivity index (χ1) is 8.36. The van der Waals surface area contributed by atoms with Crippen LogP contribution in [0.2, 0.25) is 0 Å². The van der Waals surface area contributed by atoms with Crippen molar-refractivity contribution in [1.82, 2.24) is 9.80 Å². The van der Waals surface area contributed by atoms with Crippen LogP contribution in [0.25, 0.3) is 0 Å². The lowest BCUT2D eigenvalue weighted by Crippen LogP contribution is -2.41. The number of nitrogens with zero attached hydrogens (tertiary/aromatic N) is 3. The average Bonchev–Trinajstić information content (AvgIpc) is 2.41. The summed E-state index contributed by atoms with van der Waals surface area (Å²) in [5.74, 6) is 0.765. The highest BCUT2D eigenvalue weighted by Gasteiger charge is 2.12. The number of rotatable bonds is 3. The van der Waals surface area contributed by atoms with Crippen LogP contribution in [0, 0.1) is 0 Å². The highest BCUT2D eigenvalue weighted by Crippen LogP contribution is 2.09. The quantitative estimate of drug-likeness (QED) is 0.595. The van der Waals surface area contributed by atoms with Gasteiger partial charge in [-0.2, -0.15) is 0 Å². The fourth-order valence-corrected chi connectivity index (χ4v) is 2.71. The number of piperidine rings is 2. The van der Waals surface area contributed by atoms with Crippen molar-refractivity contribution in [2.75, 3.05) is 39.3 Å². The molecule has 2 aliphatic rings. The number of likely N-dealkylation sites (tertiary alicyclic amines) is 2. The molecule has 98 valence electrons. The van der Waals surface area contributed by atoms with Crippen molar-refractivity contribution in [1.29, 1.82) is 0 Å². The molecule has 0 unspecified atom stereocenters. The third-order valence-corrected chi connectivity index (χ3v) is 3.82. The van der Waals surface area contributed by atoms with Crippen LogP contribution < -0.4 is 5.73 Å². The zero-order valence-corrected chi connectivity index (χ0v) is 10.9. The minimum Gasteiger partial charge on any atom is -0.370 e. The van der Waals surface area contributed by atoms with Crippen LogP contribution >= 0.6 is 0 Å². The van der Waals surface area contributed by atoms with E-state index in [2.05, 4.69) is 14.8 Å².